The molecule has 0 spiro atoms. The van der Waals surface area contributed by atoms with Gasteiger partial charge < -0.3 is 9.73 Å². The molecule has 2 heterocycles. The maximum absolute atomic E-state index is 12.3. The molecule has 4 aromatic rings. The Bertz CT molecular complexity index is 986. The van der Waals surface area contributed by atoms with Crippen LogP contribution in [-0.4, -0.2) is 10.9 Å². The van der Waals surface area contributed by atoms with Crippen LogP contribution in [0.5, 0.6) is 0 Å². The summed E-state index contributed by atoms with van der Waals surface area (Å²) in [6.45, 7) is 1.95. The van der Waals surface area contributed by atoms with E-state index in [1.165, 1.54) is 11.3 Å². The van der Waals surface area contributed by atoms with Crippen LogP contribution in [0.1, 0.15) is 15.2 Å². The molecule has 118 valence electrons. The number of fused-ring (bicyclic) bond motifs is 1. The minimum atomic E-state index is -0.109. The van der Waals surface area contributed by atoms with Gasteiger partial charge in [-0.3, -0.25) is 4.79 Å². The second-order valence-electron chi connectivity index (χ2n) is 5.40. The smallest absolute Gasteiger partial charge is 0.265 e. The molecular formula is C19H14N2O2S. The van der Waals surface area contributed by atoms with E-state index in [9.17, 15) is 4.79 Å². The van der Waals surface area contributed by atoms with Crippen molar-refractivity contribution in [2.24, 2.45) is 0 Å². The molecule has 2 aromatic heterocycles. The molecule has 4 rings (SSSR count). The lowest BCUT2D eigenvalue weighted by atomic mass is 10.1. The van der Waals surface area contributed by atoms with Crippen molar-refractivity contribution in [3.63, 3.8) is 0 Å². The second-order valence-corrected chi connectivity index (χ2v) is 6.34. The molecule has 0 saturated heterocycles. The number of carbonyl (C=O) groups excluding carboxylic acids is 1. The molecule has 24 heavy (non-hydrogen) atoms. The maximum atomic E-state index is 12.3. The topological polar surface area (TPSA) is 55.1 Å². The molecule has 0 radical (unpaired) electrons. The van der Waals surface area contributed by atoms with Crippen LogP contribution in [0, 0.1) is 6.92 Å². The van der Waals surface area contributed by atoms with Gasteiger partial charge in [-0.15, -0.1) is 11.3 Å². The van der Waals surface area contributed by atoms with Crippen molar-refractivity contribution in [3.8, 4) is 11.5 Å². The third kappa shape index (κ3) is 2.59. The monoisotopic (exact) mass is 334 g/mol. The van der Waals surface area contributed by atoms with Crippen molar-refractivity contribution < 1.29 is 9.21 Å². The molecule has 0 saturated carbocycles. The molecule has 0 aliphatic rings. The van der Waals surface area contributed by atoms with E-state index in [0.717, 1.165) is 27.9 Å². The summed E-state index contributed by atoms with van der Waals surface area (Å²) in [7, 11) is 0. The van der Waals surface area contributed by atoms with Gasteiger partial charge in [0, 0.05) is 11.3 Å². The number of rotatable bonds is 3. The van der Waals surface area contributed by atoms with Crippen molar-refractivity contribution in [2.75, 3.05) is 5.32 Å². The van der Waals surface area contributed by atoms with E-state index in [4.69, 9.17) is 4.42 Å². The zero-order valence-corrected chi connectivity index (χ0v) is 13.8. The normalized spacial score (nSPS) is 10.9. The summed E-state index contributed by atoms with van der Waals surface area (Å²) in [5, 5.41) is 4.84. The Balaban J connectivity index is 1.71. The fraction of sp³-hybridized carbons (Fsp3) is 0.0526. The Hall–Kier alpha value is -2.92. The van der Waals surface area contributed by atoms with Gasteiger partial charge in [0.25, 0.3) is 5.91 Å². The Labute approximate surface area is 142 Å². The lowest BCUT2D eigenvalue weighted by Crippen LogP contribution is -2.11. The minimum absolute atomic E-state index is 0.109. The van der Waals surface area contributed by atoms with Crippen LogP contribution >= 0.6 is 11.3 Å². The Kier molecular flexibility index (Phi) is 3.63. The number of aromatic nitrogens is 1. The third-order valence-corrected chi connectivity index (χ3v) is 4.72. The van der Waals surface area contributed by atoms with E-state index in [1.807, 2.05) is 60.8 Å². The van der Waals surface area contributed by atoms with Crippen molar-refractivity contribution in [2.45, 2.75) is 6.92 Å². The maximum Gasteiger partial charge on any atom is 0.265 e. The molecule has 1 amide bonds. The molecular weight excluding hydrogens is 320 g/mol. The highest BCUT2D eigenvalue weighted by molar-refractivity contribution is 7.12. The summed E-state index contributed by atoms with van der Waals surface area (Å²) in [4.78, 5) is 17.5. The molecule has 2 aromatic carbocycles. The van der Waals surface area contributed by atoms with Gasteiger partial charge in [0.1, 0.15) is 5.52 Å². The number of thiophene rings is 1. The number of carbonyl (C=O) groups is 1. The Morgan fingerprint density at radius 3 is 2.75 bits per heavy atom. The molecule has 1 N–H and O–H groups in total. The van der Waals surface area contributed by atoms with Crippen LogP contribution in [0.4, 0.5) is 5.69 Å². The summed E-state index contributed by atoms with van der Waals surface area (Å²) in [5.41, 5.74) is 4.12. The van der Waals surface area contributed by atoms with Gasteiger partial charge in [-0.05, 0) is 48.2 Å². The van der Waals surface area contributed by atoms with Crippen LogP contribution in [0.2, 0.25) is 0 Å². The SMILES string of the molecule is Cc1c(NC(=O)c2cccs2)cccc1-c1nc2ccccc2o1. The summed E-state index contributed by atoms with van der Waals surface area (Å²) >= 11 is 1.42. The van der Waals surface area contributed by atoms with Crippen LogP contribution < -0.4 is 5.32 Å². The number of para-hydroxylation sites is 2. The predicted octanol–water partition coefficient (Wildman–Crippen LogP) is 5.12. The lowest BCUT2D eigenvalue weighted by molar-refractivity contribution is 0.103. The van der Waals surface area contributed by atoms with Crippen molar-refractivity contribution in [3.05, 3.63) is 70.4 Å². The van der Waals surface area contributed by atoms with Gasteiger partial charge in [0.15, 0.2) is 5.58 Å². The first-order valence-corrected chi connectivity index (χ1v) is 8.41. The average Bonchev–Trinajstić information content (AvgIpc) is 3.26. The predicted molar refractivity (Wildman–Crippen MR) is 96.5 cm³/mol. The molecule has 0 aliphatic heterocycles. The van der Waals surface area contributed by atoms with Gasteiger partial charge in [-0.2, -0.15) is 0 Å². The van der Waals surface area contributed by atoms with E-state index in [2.05, 4.69) is 10.3 Å². The lowest BCUT2D eigenvalue weighted by Gasteiger charge is -2.10. The molecule has 0 aliphatic carbocycles. The van der Waals surface area contributed by atoms with E-state index in [-0.39, 0.29) is 5.91 Å². The van der Waals surface area contributed by atoms with Crippen LogP contribution in [0.25, 0.3) is 22.6 Å². The molecule has 4 nitrogen and oxygen atoms in total. The zero-order chi connectivity index (χ0) is 16.5. The first-order chi connectivity index (χ1) is 11.7. The number of amides is 1. The van der Waals surface area contributed by atoms with E-state index in [1.54, 1.807) is 6.07 Å². The van der Waals surface area contributed by atoms with Crippen molar-refractivity contribution in [1.82, 2.24) is 4.98 Å². The number of nitrogens with one attached hydrogen (secondary N) is 1. The van der Waals surface area contributed by atoms with Gasteiger partial charge >= 0.3 is 0 Å². The average molecular weight is 334 g/mol. The quantitative estimate of drug-likeness (QED) is 0.566. The first kappa shape index (κ1) is 14.7. The Morgan fingerprint density at radius 1 is 1.08 bits per heavy atom. The Morgan fingerprint density at radius 2 is 1.96 bits per heavy atom. The molecule has 0 bridgehead atoms. The first-order valence-electron chi connectivity index (χ1n) is 7.53. The number of benzene rings is 2. The zero-order valence-electron chi connectivity index (χ0n) is 12.9. The number of hydrogen-bond acceptors (Lipinski definition) is 4. The molecule has 5 heteroatoms. The summed E-state index contributed by atoms with van der Waals surface area (Å²) in [6.07, 6.45) is 0. The fourth-order valence-electron chi connectivity index (χ4n) is 2.58. The number of nitrogens with zero attached hydrogens (tertiary/aromatic N) is 1. The van der Waals surface area contributed by atoms with Crippen LogP contribution in [-0.2, 0) is 0 Å². The van der Waals surface area contributed by atoms with E-state index in [0.29, 0.717) is 10.8 Å². The number of hydrogen-bond donors (Lipinski definition) is 1. The largest absolute Gasteiger partial charge is 0.436 e. The standard InChI is InChI=1S/C19H14N2O2S/c1-12-13(19-21-15-7-2-3-9-16(15)23-19)6-4-8-14(12)20-18(22)17-10-5-11-24-17/h2-11H,1H3,(H,20,22). The fourth-order valence-corrected chi connectivity index (χ4v) is 3.20. The summed E-state index contributed by atoms with van der Waals surface area (Å²) < 4.78 is 5.85. The van der Waals surface area contributed by atoms with Gasteiger partial charge in [-0.1, -0.05) is 24.3 Å². The molecule has 0 fully saturated rings. The highest BCUT2D eigenvalue weighted by Gasteiger charge is 2.14. The van der Waals surface area contributed by atoms with E-state index < -0.39 is 0 Å². The van der Waals surface area contributed by atoms with Gasteiger partial charge in [0.2, 0.25) is 5.89 Å². The van der Waals surface area contributed by atoms with Crippen molar-refractivity contribution in [1.29, 1.82) is 0 Å². The summed E-state index contributed by atoms with van der Waals surface area (Å²) in [6, 6.07) is 17.0. The van der Waals surface area contributed by atoms with Gasteiger partial charge in [0.05, 0.1) is 4.88 Å². The minimum Gasteiger partial charge on any atom is -0.436 e. The van der Waals surface area contributed by atoms with E-state index >= 15 is 0 Å². The highest BCUT2D eigenvalue weighted by atomic mass is 32.1. The van der Waals surface area contributed by atoms with Crippen LogP contribution in [0.15, 0.2) is 64.4 Å². The van der Waals surface area contributed by atoms with Gasteiger partial charge in [-0.25, -0.2) is 4.98 Å². The molecule has 0 atom stereocenters. The number of oxazole rings is 1. The highest BCUT2D eigenvalue weighted by Crippen LogP contribution is 2.30. The summed E-state index contributed by atoms with van der Waals surface area (Å²) in [5.74, 6) is 0.448. The molecule has 0 unspecified atom stereocenters. The third-order valence-electron chi connectivity index (χ3n) is 3.85. The van der Waals surface area contributed by atoms with Crippen molar-refractivity contribution >= 4 is 34.0 Å². The second kappa shape index (κ2) is 5.94. The number of anilines is 1. The van der Waals surface area contributed by atoms with Crippen LogP contribution in [0.3, 0.4) is 0 Å².